The van der Waals surface area contributed by atoms with Crippen LogP contribution in [0.25, 0.3) is 0 Å². The van der Waals surface area contributed by atoms with E-state index in [1.54, 1.807) is 41.6 Å². The molecule has 3 heterocycles. The highest BCUT2D eigenvalue weighted by atomic mass is 35.5. The maximum Gasteiger partial charge on any atom is 0.304 e. The summed E-state index contributed by atoms with van der Waals surface area (Å²) >= 11 is 6.08. The number of carbonyl (C=O) groups excluding carboxylic acids is 2. The number of likely N-dealkylation sites (N-methyl/N-ethyl adjacent to an activating group) is 1. The molecule has 0 saturated carbocycles. The number of fused-ring (bicyclic) bond motifs is 1. The lowest BCUT2D eigenvalue weighted by Crippen LogP contribution is -2.46. The third kappa shape index (κ3) is 6.14. The molecule has 2 atom stereocenters. The number of hydrogen-bond acceptors (Lipinski definition) is 6. The lowest BCUT2D eigenvalue weighted by Gasteiger charge is -2.28. The van der Waals surface area contributed by atoms with Crippen LogP contribution >= 0.6 is 11.6 Å². The quantitative estimate of drug-likeness (QED) is 0.326. The smallest absolute Gasteiger partial charge is 0.304 e. The number of imidazole rings is 1. The summed E-state index contributed by atoms with van der Waals surface area (Å²) in [4.78, 5) is 35.0. The molecular formula is C29H32ClFN4O5. The molecule has 2 aliphatic heterocycles. The molecule has 0 spiro atoms. The molecule has 40 heavy (non-hydrogen) atoms. The van der Waals surface area contributed by atoms with Gasteiger partial charge in [-0.3, -0.25) is 19.1 Å². The molecule has 2 aromatic carbocycles. The van der Waals surface area contributed by atoms with E-state index in [-0.39, 0.29) is 47.9 Å². The zero-order chi connectivity index (χ0) is 28.2. The van der Waals surface area contributed by atoms with E-state index < -0.39 is 11.9 Å². The average molecular weight is 571 g/mol. The number of aromatic nitrogens is 2. The van der Waals surface area contributed by atoms with Gasteiger partial charge in [-0.25, -0.2) is 4.39 Å². The van der Waals surface area contributed by atoms with Crippen molar-refractivity contribution in [2.45, 2.75) is 51.5 Å². The highest BCUT2D eigenvalue weighted by Crippen LogP contribution is 2.34. The Labute approximate surface area is 237 Å². The second-order valence-electron chi connectivity index (χ2n) is 9.93. The van der Waals surface area contributed by atoms with E-state index in [0.29, 0.717) is 31.2 Å². The van der Waals surface area contributed by atoms with Gasteiger partial charge in [0.1, 0.15) is 17.6 Å². The molecule has 212 valence electrons. The monoisotopic (exact) mass is 570 g/mol. The van der Waals surface area contributed by atoms with Gasteiger partial charge < -0.3 is 19.1 Å². The van der Waals surface area contributed by atoms with Gasteiger partial charge in [-0.15, -0.1) is 0 Å². The molecule has 2 amide bonds. The van der Waals surface area contributed by atoms with Crippen LogP contribution in [0.15, 0.2) is 48.5 Å². The van der Waals surface area contributed by atoms with Crippen LogP contribution in [0.4, 0.5) is 10.2 Å². The summed E-state index contributed by atoms with van der Waals surface area (Å²) in [6, 6.07) is 12.2. The van der Waals surface area contributed by atoms with Crippen LogP contribution in [-0.4, -0.2) is 65.4 Å². The van der Waals surface area contributed by atoms with Gasteiger partial charge in [0.25, 0.3) is 5.91 Å². The minimum atomic E-state index is -0.714. The number of amides is 2. The van der Waals surface area contributed by atoms with Crippen molar-refractivity contribution in [2.24, 2.45) is 0 Å². The van der Waals surface area contributed by atoms with Crippen molar-refractivity contribution in [1.82, 2.24) is 14.5 Å². The van der Waals surface area contributed by atoms with E-state index in [1.165, 1.54) is 23.1 Å². The highest BCUT2D eigenvalue weighted by molar-refractivity contribution is 6.30. The van der Waals surface area contributed by atoms with Gasteiger partial charge in [0.2, 0.25) is 5.91 Å². The molecule has 0 radical (unpaired) electrons. The van der Waals surface area contributed by atoms with E-state index in [1.807, 2.05) is 12.1 Å². The molecule has 9 nitrogen and oxygen atoms in total. The number of nitrogens with zero attached hydrogens (tertiary/aromatic N) is 4. The number of benzene rings is 2. The van der Waals surface area contributed by atoms with E-state index >= 15 is 0 Å². The van der Waals surface area contributed by atoms with Gasteiger partial charge >= 0.3 is 6.01 Å². The van der Waals surface area contributed by atoms with Gasteiger partial charge in [-0.05, 0) is 62.4 Å². The summed E-state index contributed by atoms with van der Waals surface area (Å²) in [6.07, 6.45) is 3.25. The van der Waals surface area contributed by atoms with Crippen molar-refractivity contribution in [1.29, 1.82) is 0 Å². The largest absolute Gasteiger partial charge is 0.425 e. The van der Waals surface area contributed by atoms with Crippen molar-refractivity contribution >= 4 is 29.2 Å². The number of carbonyl (C=O) groups is 2. The standard InChI is InChI=1S/C29H32ClFN4O5/c1-19-27(36)33(2)26-25(28(37)34(19)14-6-16-39-24-9-3-4-15-38-24)35(18-20-10-12-21(30)13-11-20)29(32-26)40-23-8-5-7-22(31)17-23/h5,7-8,10-13,17,19,24H,3-4,6,9,14-16,18H2,1-2H3. The third-order valence-electron chi connectivity index (χ3n) is 7.09. The van der Waals surface area contributed by atoms with E-state index in [0.717, 1.165) is 24.8 Å². The molecular weight excluding hydrogens is 539 g/mol. The first-order valence-corrected chi connectivity index (χ1v) is 13.8. The highest BCUT2D eigenvalue weighted by Gasteiger charge is 2.40. The van der Waals surface area contributed by atoms with Crippen molar-refractivity contribution in [3.8, 4) is 11.8 Å². The van der Waals surface area contributed by atoms with Gasteiger partial charge in [0, 0.05) is 31.3 Å². The maximum atomic E-state index is 14.1. The molecule has 0 N–H and O–H groups in total. The van der Waals surface area contributed by atoms with Crippen LogP contribution in [0.3, 0.4) is 0 Å². The number of hydrogen-bond donors (Lipinski definition) is 0. The molecule has 1 aromatic heterocycles. The first kappa shape index (κ1) is 28.1. The van der Waals surface area contributed by atoms with Crippen LogP contribution < -0.4 is 9.64 Å². The Hall–Kier alpha value is -3.47. The fourth-order valence-electron chi connectivity index (χ4n) is 4.92. The predicted octanol–water partition coefficient (Wildman–Crippen LogP) is 5.26. The van der Waals surface area contributed by atoms with Gasteiger partial charge in [0.05, 0.1) is 13.2 Å². The van der Waals surface area contributed by atoms with Crippen molar-refractivity contribution in [3.05, 3.63) is 70.6 Å². The first-order valence-electron chi connectivity index (χ1n) is 13.4. The van der Waals surface area contributed by atoms with Crippen LogP contribution in [0.5, 0.6) is 11.8 Å². The lowest BCUT2D eigenvalue weighted by molar-refractivity contribution is -0.163. The Balaban J connectivity index is 1.46. The van der Waals surface area contributed by atoms with Crippen molar-refractivity contribution in [3.63, 3.8) is 0 Å². The van der Waals surface area contributed by atoms with Crippen molar-refractivity contribution < 1.29 is 28.2 Å². The molecule has 0 bridgehead atoms. The molecule has 3 aromatic rings. The summed E-state index contributed by atoms with van der Waals surface area (Å²) < 4.78 is 33.0. The Morgan fingerprint density at radius 3 is 2.67 bits per heavy atom. The SMILES string of the molecule is CC1C(=O)N(C)c2nc(Oc3cccc(F)c3)n(Cc3ccc(Cl)cc3)c2C(=O)N1CCCOC1CCCCO1. The zero-order valence-corrected chi connectivity index (χ0v) is 23.3. The number of halogens is 2. The molecule has 2 unspecified atom stereocenters. The van der Waals surface area contributed by atoms with E-state index in [2.05, 4.69) is 4.98 Å². The van der Waals surface area contributed by atoms with Crippen LogP contribution in [0.2, 0.25) is 5.02 Å². The molecule has 1 saturated heterocycles. The fourth-order valence-corrected chi connectivity index (χ4v) is 5.04. The summed E-state index contributed by atoms with van der Waals surface area (Å²) in [6.45, 7) is 3.31. The second-order valence-corrected chi connectivity index (χ2v) is 10.4. The Morgan fingerprint density at radius 1 is 1.15 bits per heavy atom. The van der Waals surface area contributed by atoms with Crippen molar-refractivity contribution in [2.75, 3.05) is 31.7 Å². The van der Waals surface area contributed by atoms with Gasteiger partial charge in [-0.2, -0.15) is 4.98 Å². The molecule has 2 aliphatic rings. The minimum Gasteiger partial charge on any atom is -0.425 e. The molecule has 11 heteroatoms. The predicted molar refractivity (Wildman–Crippen MR) is 147 cm³/mol. The average Bonchev–Trinajstić information content (AvgIpc) is 3.28. The molecule has 5 rings (SSSR count). The zero-order valence-electron chi connectivity index (χ0n) is 22.5. The van der Waals surface area contributed by atoms with Crippen LogP contribution in [0, 0.1) is 5.82 Å². The maximum absolute atomic E-state index is 14.1. The normalized spacial score (nSPS) is 19.5. The lowest BCUT2D eigenvalue weighted by atomic mass is 10.2. The third-order valence-corrected chi connectivity index (χ3v) is 7.35. The Morgan fingerprint density at radius 2 is 1.95 bits per heavy atom. The summed E-state index contributed by atoms with van der Waals surface area (Å²) in [5, 5.41) is 0.576. The summed E-state index contributed by atoms with van der Waals surface area (Å²) in [5.74, 6) is -0.719. The number of anilines is 1. The van der Waals surface area contributed by atoms with Gasteiger partial charge in [0.15, 0.2) is 17.8 Å². The van der Waals surface area contributed by atoms with Gasteiger partial charge in [-0.1, -0.05) is 29.8 Å². The fraction of sp³-hybridized carbons (Fsp3) is 0.414. The Bertz CT molecular complexity index is 1360. The van der Waals surface area contributed by atoms with E-state index in [4.69, 9.17) is 25.8 Å². The van der Waals surface area contributed by atoms with E-state index in [9.17, 15) is 14.0 Å². The number of rotatable bonds is 9. The van der Waals surface area contributed by atoms with Crippen LogP contribution in [-0.2, 0) is 20.8 Å². The molecule has 0 aliphatic carbocycles. The summed E-state index contributed by atoms with van der Waals surface area (Å²) in [7, 11) is 1.59. The Kier molecular flexibility index (Phi) is 8.68. The molecule has 1 fully saturated rings. The topological polar surface area (TPSA) is 86.1 Å². The summed E-state index contributed by atoms with van der Waals surface area (Å²) in [5.41, 5.74) is 1.04. The second kappa shape index (κ2) is 12.4. The van der Waals surface area contributed by atoms with Crippen LogP contribution in [0.1, 0.15) is 48.7 Å². The number of ether oxygens (including phenoxy) is 3. The first-order chi connectivity index (χ1) is 19.3. The minimum absolute atomic E-state index is 0.0610.